The lowest BCUT2D eigenvalue weighted by Gasteiger charge is -2.48. The molecule has 0 amide bonds. The summed E-state index contributed by atoms with van der Waals surface area (Å²) in [5, 5.41) is 2.48. The first kappa shape index (κ1) is 29.7. The quantitative estimate of drug-likeness (QED) is 0.479. The van der Waals surface area contributed by atoms with Gasteiger partial charge in [-0.1, -0.05) is 19.8 Å². The van der Waals surface area contributed by atoms with Gasteiger partial charge in [0, 0.05) is 56.8 Å². The van der Waals surface area contributed by atoms with Gasteiger partial charge < -0.3 is 9.47 Å². The number of hydrogen-bond acceptors (Lipinski definition) is 8. The zero-order valence-electron chi connectivity index (χ0n) is 25.0. The van der Waals surface area contributed by atoms with Crippen molar-refractivity contribution in [2.45, 2.75) is 134 Å². The van der Waals surface area contributed by atoms with Crippen molar-refractivity contribution >= 4 is 10.3 Å². The van der Waals surface area contributed by atoms with Gasteiger partial charge in [0.15, 0.2) is 0 Å². The summed E-state index contributed by atoms with van der Waals surface area (Å²) < 4.78 is 46.8. The van der Waals surface area contributed by atoms with Crippen molar-refractivity contribution < 1.29 is 22.1 Å². The second-order valence-corrected chi connectivity index (χ2v) is 15.5. The molecule has 7 aliphatic rings. The van der Waals surface area contributed by atoms with E-state index in [2.05, 4.69) is 29.8 Å². The van der Waals surface area contributed by atoms with Gasteiger partial charge in [-0.05, 0) is 95.3 Å². The van der Waals surface area contributed by atoms with Gasteiger partial charge in [-0.2, -0.15) is 18.3 Å². The Bertz CT molecular complexity index is 954. The maximum absolute atomic E-state index is 13.4. The van der Waals surface area contributed by atoms with Crippen LogP contribution < -0.4 is 11.0 Å². The van der Waals surface area contributed by atoms with E-state index in [0.29, 0.717) is 36.4 Å². The third-order valence-corrected chi connectivity index (χ3v) is 13.3. The second kappa shape index (κ2) is 12.7. The molecule has 10 heteroatoms. The highest BCUT2D eigenvalue weighted by molar-refractivity contribution is 7.84. The van der Waals surface area contributed by atoms with E-state index in [-0.39, 0.29) is 36.2 Å². The summed E-state index contributed by atoms with van der Waals surface area (Å²) in [6.07, 6.45) is 14.3. The van der Waals surface area contributed by atoms with E-state index >= 15 is 0 Å². The zero-order chi connectivity index (χ0) is 27.9. The Hall–Kier alpha value is -0.330. The molecule has 9 nitrogen and oxygen atoms in total. The molecular formula is C30H54N4O5S. The third-order valence-electron chi connectivity index (χ3n) is 11.7. The van der Waals surface area contributed by atoms with Gasteiger partial charge in [0.2, 0.25) is 0 Å². The number of nitrogens with one attached hydrogen (secondary N) is 2. The van der Waals surface area contributed by atoms with Gasteiger partial charge in [-0.25, -0.2) is 10.4 Å². The van der Waals surface area contributed by atoms with Crippen molar-refractivity contribution in [2.24, 2.45) is 29.6 Å². The van der Waals surface area contributed by atoms with Crippen molar-refractivity contribution in [3.63, 3.8) is 0 Å². The standard InChI is InChI=1S/C30H54N4O5S/c1-20-23-9-11-27-30(20)31-32-33(27)14-6-4-5-7-15-38-25-10-13-28-24(18-25)19-34(40(35,36)39-28)21(2)26-17-22(16-23)8-12-29(26)37-3/h20-32H,4-19H2,1-3H3/t20?,21-,22?,23?,24?,25?,26?,27?,28?,29?,30?/m1/s1. The molecule has 12 unspecified atom stereocenters. The maximum atomic E-state index is 13.4. The fourth-order valence-electron chi connectivity index (χ4n) is 9.32. The van der Waals surface area contributed by atoms with E-state index in [4.69, 9.17) is 13.7 Å². The molecule has 0 aromatic rings. The van der Waals surface area contributed by atoms with Crippen LogP contribution in [0.15, 0.2) is 0 Å². The Morgan fingerprint density at radius 3 is 2.60 bits per heavy atom. The Labute approximate surface area is 242 Å². The number of methoxy groups -OCH3 is 1. The van der Waals surface area contributed by atoms with Crippen molar-refractivity contribution in [3.8, 4) is 0 Å². The minimum absolute atomic E-state index is 0.0922. The number of fused-ring (bicyclic) bond motifs is 7. The predicted molar refractivity (Wildman–Crippen MR) is 154 cm³/mol. The number of rotatable bonds is 1. The molecule has 13 atom stereocenters. The molecule has 3 saturated carbocycles. The number of hydrazine groups is 2. The summed E-state index contributed by atoms with van der Waals surface area (Å²) in [5.41, 5.74) is 7.19. The molecule has 7 fully saturated rings. The van der Waals surface area contributed by atoms with Gasteiger partial charge in [0.05, 0.1) is 18.3 Å². The van der Waals surface area contributed by atoms with Crippen LogP contribution in [0.25, 0.3) is 0 Å². The van der Waals surface area contributed by atoms with Crippen LogP contribution in [-0.2, 0) is 24.0 Å². The Balaban J connectivity index is 1.20. The van der Waals surface area contributed by atoms with E-state index in [1.54, 1.807) is 11.4 Å². The van der Waals surface area contributed by atoms with Crippen molar-refractivity contribution in [1.82, 2.24) is 20.3 Å². The van der Waals surface area contributed by atoms with Gasteiger partial charge in [-0.3, -0.25) is 4.18 Å². The molecule has 7 rings (SSSR count). The number of hydrogen-bond donors (Lipinski definition) is 2. The van der Waals surface area contributed by atoms with Crippen LogP contribution in [0.1, 0.15) is 97.3 Å². The highest BCUT2D eigenvalue weighted by Gasteiger charge is 2.49. The lowest BCUT2D eigenvalue weighted by atomic mass is 9.67. The van der Waals surface area contributed by atoms with Gasteiger partial charge in [0.1, 0.15) is 0 Å². The topological polar surface area (TPSA) is 92.4 Å². The van der Waals surface area contributed by atoms with Crippen LogP contribution in [0, 0.1) is 29.6 Å². The van der Waals surface area contributed by atoms with Crippen LogP contribution in [-0.4, -0.2) is 81.0 Å². The first-order chi connectivity index (χ1) is 19.3. The molecule has 230 valence electrons. The van der Waals surface area contributed by atoms with Gasteiger partial charge in [0.25, 0.3) is 0 Å². The molecule has 0 spiro atoms. The predicted octanol–water partition coefficient (Wildman–Crippen LogP) is 4.01. The molecule has 40 heavy (non-hydrogen) atoms. The molecule has 4 heterocycles. The monoisotopic (exact) mass is 582 g/mol. The molecule has 3 aliphatic carbocycles. The number of ether oxygens (including phenoxy) is 2. The Kier molecular flexibility index (Phi) is 9.46. The van der Waals surface area contributed by atoms with Crippen LogP contribution in [0.2, 0.25) is 0 Å². The van der Waals surface area contributed by atoms with Gasteiger partial charge in [-0.15, -0.1) is 0 Å². The van der Waals surface area contributed by atoms with Crippen molar-refractivity contribution in [3.05, 3.63) is 0 Å². The molecule has 2 N–H and O–H groups in total. The summed E-state index contributed by atoms with van der Waals surface area (Å²) in [5.74, 6) is 2.31. The SMILES string of the molecule is COC1CCC2CC3CCC4C(NNN4CCCCCCOC4CCC5OS(=O)(=O)N(CC5C4)[C@H](C)C1C2)C3C. The smallest absolute Gasteiger partial charge is 0.338 e. The largest absolute Gasteiger partial charge is 0.381 e. The lowest BCUT2D eigenvalue weighted by molar-refractivity contribution is -0.0602. The minimum Gasteiger partial charge on any atom is -0.381 e. The second-order valence-electron chi connectivity index (χ2n) is 14.0. The van der Waals surface area contributed by atoms with Crippen LogP contribution in [0.5, 0.6) is 0 Å². The van der Waals surface area contributed by atoms with Crippen LogP contribution in [0.4, 0.5) is 0 Å². The molecule has 9 bridgehead atoms. The highest BCUT2D eigenvalue weighted by Crippen LogP contribution is 2.45. The Morgan fingerprint density at radius 1 is 0.900 bits per heavy atom. The molecule has 0 aromatic carbocycles. The molecular weight excluding hydrogens is 528 g/mol. The fourth-order valence-corrected chi connectivity index (χ4v) is 10.9. The normalized spacial score (nSPS) is 50.1. The van der Waals surface area contributed by atoms with E-state index < -0.39 is 10.3 Å². The van der Waals surface area contributed by atoms with E-state index in [1.165, 1.54) is 44.9 Å². The summed E-state index contributed by atoms with van der Waals surface area (Å²) in [6.45, 7) is 7.01. The summed E-state index contributed by atoms with van der Waals surface area (Å²) >= 11 is 0. The molecule has 4 saturated heterocycles. The van der Waals surface area contributed by atoms with Gasteiger partial charge >= 0.3 is 10.3 Å². The average Bonchev–Trinajstić information content (AvgIpc) is 3.36. The zero-order valence-corrected chi connectivity index (χ0v) is 25.8. The minimum atomic E-state index is -3.76. The third kappa shape index (κ3) is 6.16. The van der Waals surface area contributed by atoms with Crippen molar-refractivity contribution in [2.75, 3.05) is 26.8 Å². The van der Waals surface area contributed by atoms with E-state index in [9.17, 15) is 8.42 Å². The Morgan fingerprint density at radius 2 is 1.75 bits per heavy atom. The number of nitrogens with zero attached hydrogens (tertiary/aromatic N) is 2. The summed E-state index contributed by atoms with van der Waals surface area (Å²) in [6, 6.07) is 0.940. The fraction of sp³-hybridized carbons (Fsp3) is 1.00. The highest BCUT2D eigenvalue weighted by atomic mass is 32.2. The van der Waals surface area contributed by atoms with Crippen LogP contribution in [0.3, 0.4) is 0 Å². The van der Waals surface area contributed by atoms with E-state index in [1.807, 2.05) is 0 Å². The maximum Gasteiger partial charge on any atom is 0.338 e. The average molecular weight is 583 g/mol. The molecule has 0 radical (unpaired) electrons. The first-order valence-corrected chi connectivity index (χ1v) is 17.8. The van der Waals surface area contributed by atoms with Crippen LogP contribution >= 0.6 is 0 Å². The van der Waals surface area contributed by atoms with Crippen molar-refractivity contribution in [1.29, 1.82) is 0 Å². The van der Waals surface area contributed by atoms with E-state index in [0.717, 1.165) is 51.7 Å². The molecule has 4 aliphatic heterocycles. The molecule has 0 aromatic heterocycles. The first-order valence-electron chi connectivity index (χ1n) is 16.5. The summed E-state index contributed by atoms with van der Waals surface area (Å²) in [4.78, 5) is 0. The summed E-state index contributed by atoms with van der Waals surface area (Å²) in [7, 11) is -1.96. The lowest BCUT2D eigenvalue weighted by Crippen LogP contribution is -2.57.